The van der Waals surface area contributed by atoms with E-state index >= 15 is 0 Å². The Kier molecular flexibility index (Phi) is 4.95. The number of thiazole rings is 1. The molecular weight excluding hydrogens is 382 g/mol. The number of hydrogen-bond acceptors (Lipinski definition) is 7. The molecule has 9 heteroatoms. The van der Waals surface area contributed by atoms with E-state index in [0.717, 1.165) is 22.2 Å². The second kappa shape index (κ2) is 7.53. The molecule has 4 aromatic rings. The Bertz CT molecular complexity index is 1080. The molecule has 0 unspecified atom stereocenters. The standard InChI is InChI=1S/C18H17N5O2S2/c1-3-23(11(2)24)17-20-12(9-26-17)10-27-18-22-21-16(25-18)14-8-19-15-7-5-4-6-13(14)15/h4-9,19H,3,10H2,1-2H3. The van der Waals surface area contributed by atoms with E-state index < -0.39 is 0 Å². The Morgan fingerprint density at radius 1 is 1.33 bits per heavy atom. The molecule has 1 amide bonds. The lowest BCUT2D eigenvalue weighted by atomic mass is 10.2. The van der Waals surface area contributed by atoms with Crippen LogP contribution < -0.4 is 4.90 Å². The number of amides is 1. The summed E-state index contributed by atoms with van der Waals surface area (Å²) < 4.78 is 5.80. The maximum atomic E-state index is 11.6. The number of nitrogens with one attached hydrogen (secondary N) is 1. The van der Waals surface area contributed by atoms with E-state index in [-0.39, 0.29) is 5.91 Å². The highest BCUT2D eigenvalue weighted by Crippen LogP contribution is 2.31. The number of anilines is 1. The number of aromatic amines is 1. The second-order valence-electron chi connectivity index (χ2n) is 5.79. The van der Waals surface area contributed by atoms with Crippen molar-refractivity contribution >= 4 is 45.0 Å². The van der Waals surface area contributed by atoms with E-state index in [1.54, 1.807) is 11.8 Å². The van der Waals surface area contributed by atoms with Gasteiger partial charge in [-0.25, -0.2) is 4.98 Å². The lowest BCUT2D eigenvalue weighted by Gasteiger charge is -2.14. The number of rotatable bonds is 6. The Hall–Kier alpha value is -2.65. The van der Waals surface area contributed by atoms with Gasteiger partial charge in [0.05, 0.1) is 11.3 Å². The number of benzene rings is 1. The van der Waals surface area contributed by atoms with Gasteiger partial charge in [0, 0.05) is 41.7 Å². The van der Waals surface area contributed by atoms with Gasteiger partial charge in [0.1, 0.15) is 0 Å². The quantitative estimate of drug-likeness (QED) is 0.485. The molecule has 0 bridgehead atoms. The maximum absolute atomic E-state index is 11.6. The van der Waals surface area contributed by atoms with Gasteiger partial charge in [0.25, 0.3) is 11.1 Å². The summed E-state index contributed by atoms with van der Waals surface area (Å²) >= 11 is 2.89. The van der Waals surface area contributed by atoms with E-state index in [9.17, 15) is 4.79 Å². The second-order valence-corrected chi connectivity index (χ2v) is 7.56. The Labute approximate surface area is 163 Å². The summed E-state index contributed by atoms with van der Waals surface area (Å²) in [6, 6.07) is 7.98. The number of aromatic nitrogens is 4. The van der Waals surface area contributed by atoms with Gasteiger partial charge in [0.2, 0.25) is 5.91 Å². The predicted molar refractivity (Wildman–Crippen MR) is 107 cm³/mol. The smallest absolute Gasteiger partial charge is 0.277 e. The summed E-state index contributed by atoms with van der Waals surface area (Å²) in [7, 11) is 0. The van der Waals surface area contributed by atoms with Crippen molar-refractivity contribution in [1.29, 1.82) is 0 Å². The van der Waals surface area contributed by atoms with Crippen LogP contribution in [-0.2, 0) is 10.5 Å². The highest BCUT2D eigenvalue weighted by Gasteiger charge is 2.16. The maximum Gasteiger partial charge on any atom is 0.277 e. The Balaban J connectivity index is 1.46. The summed E-state index contributed by atoms with van der Waals surface area (Å²) in [4.78, 5) is 21.0. The average molecular weight is 400 g/mol. The van der Waals surface area contributed by atoms with E-state index in [1.807, 2.05) is 42.8 Å². The summed E-state index contributed by atoms with van der Waals surface area (Å²) in [5, 5.41) is 12.5. The molecule has 1 N–H and O–H groups in total. The molecular formula is C18H17N5O2S2. The molecule has 0 fully saturated rings. The van der Waals surface area contributed by atoms with Crippen molar-refractivity contribution in [3.8, 4) is 11.5 Å². The normalized spacial score (nSPS) is 11.2. The molecule has 0 aliphatic rings. The molecule has 27 heavy (non-hydrogen) atoms. The molecule has 3 aromatic heterocycles. The van der Waals surface area contributed by atoms with Crippen LogP contribution in [0.25, 0.3) is 22.4 Å². The van der Waals surface area contributed by atoms with Crippen molar-refractivity contribution in [3.05, 3.63) is 41.5 Å². The van der Waals surface area contributed by atoms with Crippen LogP contribution >= 0.6 is 23.1 Å². The van der Waals surface area contributed by atoms with Crippen molar-refractivity contribution in [2.45, 2.75) is 24.8 Å². The number of fused-ring (bicyclic) bond motifs is 1. The first-order valence-corrected chi connectivity index (χ1v) is 10.3. The molecule has 0 radical (unpaired) electrons. The molecule has 0 saturated heterocycles. The summed E-state index contributed by atoms with van der Waals surface area (Å²) in [6.07, 6.45) is 1.88. The summed E-state index contributed by atoms with van der Waals surface area (Å²) in [6.45, 7) is 4.08. The highest BCUT2D eigenvalue weighted by molar-refractivity contribution is 7.98. The predicted octanol–water partition coefficient (Wildman–Crippen LogP) is 4.34. The van der Waals surface area contributed by atoms with Gasteiger partial charge in [-0.15, -0.1) is 21.5 Å². The van der Waals surface area contributed by atoms with Crippen LogP contribution in [0.4, 0.5) is 5.13 Å². The third-order valence-electron chi connectivity index (χ3n) is 4.04. The molecule has 7 nitrogen and oxygen atoms in total. The van der Waals surface area contributed by atoms with E-state index in [0.29, 0.717) is 28.5 Å². The van der Waals surface area contributed by atoms with Crippen LogP contribution in [0.3, 0.4) is 0 Å². The molecule has 138 valence electrons. The minimum absolute atomic E-state index is 0.00803. The van der Waals surface area contributed by atoms with Crippen LogP contribution in [0.15, 0.2) is 45.5 Å². The van der Waals surface area contributed by atoms with Crippen molar-refractivity contribution in [3.63, 3.8) is 0 Å². The van der Waals surface area contributed by atoms with Gasteiger partial charge >= 0.3 is 0 Å². The third kappa shape index (κ3) is 3.60. The van der Waals surface area contributed by atoms with Crippen molar-refractivity contribution < 1.29 is 9.21 Å². The zero-order chi connectivity index (χ0) is 18.8. The summed E-state index contributed by atoms with van der Waals surface area (Å²) in [5.41, 5.74) is 2.80. The summed E-state index contributed by atoms with van der Waals surface area (Å²) in [5.74, 6) is 1.08. The zero-order valence-electron chi connectivity index (χ0n) is 14.8. The van der Waals surface area contributed by atoms with Gasteiger partial charge in [-0.2, -0.15) is 0 Å². The van der Waals surface area contributed by atoms with Gasteiger partial charge in [-0.3, -0.25) is 9.69 Å². The average Bonchev–Trinajstić information content (AvgIpc) is 3.39. The van der Waals surface area contributed by atoms with Crippen LogP contribution in [0.2, 0.25) is 0 Å². The first-order valence-electron chi connectivity index (χ1n) is 8.41. The minimum atomic E-state index is -0.00803. The number of carbonyl (C=O) groups excluding carboxylic acids is 1. The number of H-pyrrole nitrogens is 1. The highest BCUT2D eigenvalue weighted by atomic mass is 32.2. The SMILES string of the molecule is CCN(C(C)=O)c1nc(CSc2nnc(-c3c[nH]c4ccccc34)o2)cs1. The molecule has 1 aromatic carbocycles. The fourth-order valence-corrected chi connectivity index (χ4v) is 4.43. The van der Waals surface area contributed by atoms with E-state index in [4.69, 9.17) is 4.42 Å². The lowest BCUT2D eigenvalue weighted by Crippen LogP contribution is -2.27. The van der Waals surface area contributed by atoms with Crippen LogP contribution in [-0.4, -0.2) is 32.6 Å². The van der Waals surface area contributed by atoms with E-state index in [2.05, 4.69) is 20.2 Å². The van der Waals surface area contributed by atoms with Gasteiger partial charge in [-0.1, -0.05) is 30.0 Å². The van der Waals surface area contributed by atoms with Gasteiger partial charge in [-0.05, 0) is 13.0 Å². The topological polar surface area (TPSA) is 87.9 Å². The zero-order valence-corrected chi connectivity index (χ0v) is 16.4. The van der Waals surface area contributed by atoms with Crippen molar-refractivity contribution in [1.82, 2.24) is 20.2 Å². The first kappa shape index (κ1) is 17.7. The van der Waals surface area contributed by atoms with Crippen LogP contribution in [0, 0.1) is 0 Å². The van der Waals surface area contributed by atoms with E-state index in [1.165, 1.54) is 23.1 Å². The van der Waals surface area contributed by atoms with Gasteiger partial charge in [0.15, 0.2) is 5.13 Å². The minimum Gasteiger partial charge on any atom is -0.411 e. The molecule has 3 heterocycles. The monoisotopic (exact) mass is 399 g/mol. The largest absolute Gasteiger partial charge is 0.411 e. The molecule has 0 aliphatic heterocycles. The molecule has 0 saturated carbocycles. The Morgan fingerprint density at radius 2 is 2.19 bits per heavy atom. The van der Waals surface area contributed by atoms with Gasteiger partial charge < -0.3 is 9.40 Å². The number of thioether (sulfide) groups is 1. The lowest BCUT2D eigenvalue weighted by molar-refractivity contribution is -0.116. The number of para-hydroxylation sites is 1. The first-order chi connectivity index (χ1) is 13.2. The number of hydrogen-bond donors (Lipinski definition) is 1. The number of carbonyl (C=O) groups is 1. The number of nitrogens with zero attached hydrogens (tertiary/aromatic N) is 4. The fraction of sp³-hybridized carbons (Fsp3) is 0.222. The molecule has 0 spiro atoms. The molecule has 4 rings (SSSR count). The van der Waals surface area contributed by atoms with Crippen molar-refractivity contribution in [2.75, 3.05) is 11.4 Å². The van der Waals surface area contributed by atoms with Crippen LogP contribution in [0.1, 0.15) is 19.5 Å². The Morgan fingerprint density at radius 3 is 3.00 bits per heavy atom. The fourth-order valence-electron chi connectivity index (χ4n) is 2.74. The third-order valence-corrected chi connectivity index (χ3v) is 5.80. The molecule has 0 atom stereocenters. The van der Waals surface area contributed by atoms with Crippen molar-refractivity contribution in [2.24, 2.45) is 0 Å². The van der Waals surface area contributed by atoms with Crippen LogP contribution in [0.5, 0.6) is 0 Å². The molecule has 0 aliphatic carbocycles.